The van der Waals surface area contributed by atoms with E-state index in [4.69, 9.17) is 9.47 Å². The molecule has 172 valence electrons. The summed E-state index contributed by atoms with van der Waals surface area (Å²) < 4.78 is 10.7. The molecule has 33 heavy (non-hydrogen) atoms. The van der Waals surface area contributed by atoms with Crippen molar-refractivity contribution in [3.8, 4) is 11.5 Å². The third-order valence-corrected chi connectivity index (χ3v) is 4.91. The monoisotopic (exact) mass is 451 g/mol. The molecule has 1 atom stereocenters. The number of amides is 4. The summed E-state index contributed by atoms with van der Waals surface area (Å²) >= 11 is 0. The van der Waals surface area contributed by atoms with Crippen molar-refractivity contribution in [1.82, 2.24) is 10.4 Å². The summed E-state index contributed by atoms with van der Waals surface area (Å²) in [6.07, 6.45) is 2.38. The molecule has 1 aliphatic heterocycles. The highest BCUT2D eigenvalue weighted by Crippen LogP contribution is 2.34. The van der Waals surface area contributed by atoms with Crippen molar-refractivity contribution in [2.24, 2.45) is 0 Å². The highest BCUT2D eigenvalue weighted by atomic mass is 16.5. The number of aryl methyl sites for hydroxylation is 1. The average Bonchev–Trinajstić information content (AvgIpc) is 3.10. The summed E-state index contributed by atoms with van der Waals surface area (Å²) in [6.45, 7) is 3.07. The van der Waals surface area contributed by atoms with Gasteiger partial charge in [-0.15, -0.1) is 0 Å². The molecule has 0 saturated carbocycles. The van der Waals surface area contributed by atoms with Crippen molar-refractivity contribution in [3.05, 3.63) is 66.2 Å². The van der Waals surface area contributed by atoms with Crippen LogP contribution >= 0.6 is 0 Å². The number of hydrazine groups is 1. The fourth-order valence-electron chi connectivity index (χ4n) is 3.39. The van der Waals surface area contributed by atoms with Crippen LogP contribution in [0.2, 0.25) is 0 Å². The maximum Gasteiger partial charge on any atom is 0.276 e. The van der Waals surface area contributed by atoms with E-state index >= 15 is 0 Å². The summed E-state index contributed by atoms with van der Waals surface area (Å²) in [6, 6.07) is 12.6. The van der Waals surface area contributed by atoms with Gasteiger partial charge in [0.1, 0.15) is 17.5 Å². The summed E-state index contributed by atoms with van der Waals surface area (Å²) in [7, 11) is 1.44. The number of benzene rings is 2. The Balaban J connectivity index is 1.82. The lowest BCUT2D eigenvalue weighted by atomic mass is 10.2. The number of imide groups is 1. The van der Waals surface area contributed by atoms with Gasteiger partial charge in [0.15, 0.2) is 6.61 Å². The first-order chi connectivity index (χ1) is 15.8. The smallest absolute Gasteiger partial charge is 0.276 e. The molecule has 0 radical (unpaired) electrons. The zero-order valence-corrected chi connectivity index (χ0v) is 18.6. The first-order valence-electron chi connectivity index (χ1n) is 10.3. The minimum Gasteiger partial charge on any atom is -0.495 e. The highest BCUT2D eigenvalue weighted by molar-refractivity contribution is 6.23. The predicted octanol–water partition coefficient (Wildman–Crippen LogP) is 2.15. The van der Waals surface area contributed by atoms with E-state index in [2.05, 4.69) is 5.43 Å². The standard InChI is InChI=1S/C24H25N3O6/c1-4-8-22(29)27(25-21(28)15-33-17-9-6-5-7-10-17)19-14-23(30)26(24(19)31)18-13-16(2)11-12-20(18)32-3/h4-13,19H,14-15H2,1-3H3,(H,25,28). The van der Waals surface area contributed by atoms with E-state index in [1.54, 1.807) is 49.4 Å². The van der Waals surface area contributed by atoms with Gasteiger partial charge in [0.05, 0.1) is 19.2 Å². The summed E-state index contributed by atoms with van der Waals surface area (Å²) in [5.74, 6) is -1.63. The molecule has 1 N–H and O–H groups in total. The third kappa shape index (κ3) is 5.38. The number of nitrogens with one attached hydrogen (secondary N) is 1. The first kappa shape index (κ1) is 23.5. The number of carbonyl (C=O) groups is 4. The molecule has 0 aliphatic carbocycles. The van der Waals surface area contributed by atoms with Crippen molar-refractivity contribution in [2.75, 3.05) is 18.6 Å². The lowest BCUT2D eigenvalue weighted by molar-refractivity contribution is -0.144. The zero-order chi connectivity index (χ0) is 24.0. The largest absolute Gasteiger partial charge is 0.495 e. The SMILES string of the molecule is CC=CC(=O)N(NC(=O)COc1ccccc1)C1CC(=O)N(c2cc(C)ccc2OC)C1=O. The molecular formula is C24H25N3O6. The van der Waals surface area contributed by atoms with Gasteiger partial charge >= 0.3 is 0 Å². The molecule has 9 nitrogen and oxygen atoms in total. The topological polar surface area (TPSA) is 105 Å². The lowest BCUT2D eigenvalue weighted by Crippen LogP contribution is -2.55. The maximum absolute atomic E-state index is 13.3. The number of hydrogen-bond donors (Lipinski definition) is 1. The second-order valence-electron chi connectivity index (χ2n) is 7.31. The van der Waals surface area contributed by atoms with Gasteiger partial charge in [-0.2, -0.15) is 0 Å². The van der Waals surface area contributed by atoms with Crippen molar-refractivity contribution in [2.45, 2.75) is 26.3 Å². The van der Waals surface area contributed by atoms with Crippen LogP contribution in [0.25, 0.3) is 0 Å². The highest BCUT2D eigenvalue weighted by Gasteiger charge is 2.45. The number of anilines is 1. The number of allylic oxidation sites excluding steroid dienone is 1. The molecule has 0 spiro atoms. The Hall–Kier alpha value is -4.14. The van der Waals surface area contributed by atoms with Gasteiger partial charge < -0.3 is 9.47 Å². The molecule has 1 saturated heterocycles. The van der Waals surface area contributed by atoms with Crippen LogP contribution in [0.5, 0.6) is 11.5 Å². The number of nitrogens with zero attached hydrogens (tertiary/aromatic N) is 2. The van der Waals surface area contributed by atoms with Crippen LogP contribution in [0.15, 0.2) is 60.7 Å². The Bertz CT molecular complexity index is 1080. The number of hydrogen-bond acceptors (Lipinski definition) is 6. The number of ether oxygens (including phenoxy) is 2. The van der Waals surface area contributed by atoms with E-state index in [9.17, 15) is 19.2 Å². The van der Waals surface area contributed by atoms with Gasteiger partial charge in [0.25, 0.3) is 17.7 Å². The Morgan fingerprint density at radius 3 is 2.58 bits per heavy atom. The van der Waals surface area contributed by atoms with Crippen LogP contribution < -0.4 is 19.8 Å². The Morgan fingerprint density at radius 1 is 1.18 bits per heavy atom. The molecule has 9 heteroatoms. The van der Waals surface area contributed by atoms with Gasteiger partial charge in [-0.3, -0.25) is 24.6 Å². The van der Waals surface area contributed by atoms with Crippen LogP contribution in [-0.4, -0.2) is 48.4 Å². The molecule has 0 aromatic heterocycles. The minimum absolute atomic E-state index is 0.284. The van der Waals surface area contributed by atoms with Crippen LogP contribution in [0, 0.1) is 6.92 Å². The fraction of sp³-hybridized carbons (Fsp3) is 0.250. The van der Waals surface area contributed by atoms with Crippen LogP contribution in [0.4, 0.5) is 5.69 Å². The van der Waals surface area contributed by atoms with Gasteiger partial charge in [-0.25, -0.2) is 9.91 Å². The normalized spacial score (nSPS) is 15.6. The fourth-order valence-corrected chi connectivity index (χ4v) is 3.39. The van der Waals surface area contributed by atoms with E-state index < -0.39 is 29.7 Å². The Kier molecular flexibility index (Phi) is 7.45. The Morgan fingerprint density at radius 2 is 1.91 bits per heavy atom. The summed E-state index contributed by atoms with van der Waals surface area (Å²) in [4.78, 5) is 52.2. The van der Waals surface area contributed by atoms with Gasteiger partial charge in [0, 0.05) is 6.08 Å². The van der Waals surface area contributed by atoms with E-state index in [1.165, 1.54) is 19.3 Å². The van der Waals surface area contributed by atoms with Crippen molar-refractivity contribution in [3.63, 3.8) is 0 Å². The van der Waals surface area contributed by atoms with Gasteiger partial charge in [0.2, 0.25) is 5.91 Å². The van der Waals surface area contributed by atoms with Crippen LogP contribution in [0.1, 0.15) is 18.9 Å². The zero-order valence-electron chi connectivity index (χ0n) is 18.6. The molecule has 3 rings (SSSR count). The van der Waals surface area contributed by atoms with E-state index in [-0.39, 0.29) is 18.7 Å². The number of carbonyl (C=O) groups excluding carboxylic acids is 4. The number of methoxy groups -OCH3 is 1. The van der Waals surface area contributed by atoms with Crippen LogP contribution in [0.3, 0.4) is 0 Å². The maximum atomic E-state index is 13.3. The van der Waals surface area contributed by atoms with Crippen molar-refractivity contribution in [1.29, 1.82) is 0 Å². The number of rotatable bonds is 7. The van der Waals surface area contributed by atoms with Gasteiger partial charge in [-0.05, 0) is 43.7 Å². The van der Waals surface area contributed by atoms with E-state index in [0.717, 1.165) is 15.5 Å². The lowest BCUT2D eigenvalue weighted by Gasteiger charge is -2.27. The number of para-hydroxylation sites is 1. The molecule has 1 aliphatic rings. The first-order valence-corrected chi connectivity index (χ1v) is 10.3. The molecule has 2 aromatic rings. The second-order valence-corrected chi connectivity index (χ2v) is 7.31. The molecule has 0 bridgehead atoms. The predicted molar refractivity (Wildman–Crippen MR) is 120 cm³/mol. The molecule has 2 aromatic carbocycles. The van der Waals surface area contributed by atoms with Crippen molar-refractivity contribution < 1.29 is 28.7 Å². The average molecular weight is 451 g/mol. The molecular weight excluding hydrogens is 426 g/mol. The minimum atomic E-state index is -1.22. The third-order valence-electron chi connectivity index (χ3n) is 4.91. The molecule has 4 amide bonds. The molecule has 1 unspecified atom stereocenters. The molecule has 1 fully saturated rings. The second kappa shape index (κ2) is 10.4. The van der Waals surface area contributed by atoms with Gasteiger partial charge in [-0.1, -0.05) is 30.3 Å². The summed E-state index contributed by atoms with van der Waals surface area (Å²) in [5, 5.41) is 0.874. The quantitative estimate of drug-likeness (QED) is 0.393. The Labute approximate surface area is 191 Å². The van der Waals surface area contributed by atoms with E-state index in [1.807, 2.05) is 13.0 Å². The summed E-state index contributed by atoms with van der Waals surface area (Å²) in [5.41, 5.74) is 3.52. The molecule has 1 heterocycles. The van der Waals surface area contributed by atoms with E-state index in [0.29, 0.717) is 11.5 Å². The van der Waals surface area contributed by atoms with Crippen LogP contribution in [-0.2, 0) is 19.2 Å². The van der Waals surface area contributed by atoms with Crippen molar-refractivity contribution >= 4 is 29.3 Å².